The zero-order valence-electron chi connectivity index (χ0n) is 31.5. The molecule has 3 nitrogen and oxygen atoms in total. The van der Waals surface area contributed by atoms with Crippen molar-refractivity contribution >= 4 is 17.1 Å². The minimum Gasteiger partial charge on any atom is -0.449 e. The Hall–Kier alpha value is -7.62. The molecule has 0 fully saturated rings. The van der Waals surface area contributed by atoms with E-state index in [2.05, 4.69) is 211 Å². The second-order valence-corrected chi connectivity index (χ2v) is 15.2. The van der Waals surface area contributed by atoms with E-state index < -0.39 is 5.41 Å². The lowest BCUT2D eigenvalue weighted by Gasteiger charge is -2.31. The van der Waals surface area contributed by atoms with Crippen LogP contribution in [0.1, 0.15) is 22.3 Å². The smallest absolute Gasteiger partial charge is 0.178 e. The first kappa shape index (κ1) is 32.6. The second-order valence-electron chi connectivity index (χ2n) is 15.2. The normalized spacial score (nSPS) is 13.2. The van der Waals surface area contributed by atoms with Crippen LogP contribution < -0.4 is 14.4 Å². The molecule has 0 N–H and O–H groups in total. The van der Waals surface area contributed by atoms with Crippen LogP contribution in [0.25, 0.3) is 44.5 Å². The largest absolute Gasteiger partial charge is 0.449 e. The maximum atomic E-state index is 6.89. The van der Waals surface area contributed by atoms with E-state index in [4.69, 9.17) is 9.47 Å². The Morgan fingerprint density at radius 2 is 0.810 bits per heavy atom. The molecule has 1 spiro atoms. The van der Waals surface area contributed by atoms with Gasteiger partial charge in [0, 0.05) is 22.6 Å². The van der Waals surface area contributed by atoms with Crippen LogP contribution in [0.15, 0.2) is 212 Å². The van der Waals surface area contributed by atoms with Crippen LogP contribution >= 0.6 is 0 Å². The maximum Gasteiger partial charge on any atom is 0.178 e. The van der Waals surface area contributed by atoms with Gasteiger partial charge < -0.3 is 14.4 Å². The number of rotatable bonds is 5. The first-order chi connectivity index (χ1) is 28.8. The zero-order valence-corrected chi connectivity index (χ0v) is 31.5. The highest BCUT2D eigenvalue weighted by Gasteiger charge is 2.53. The van der Waals surface area contributed by atoms with E-state index in [0.29, 0.717) is 11.5 Å². The quantitative estimate of drug-likeness (QED) is 0.175. The van der Waals surface area contributed by atoms with Gasteiger partial charge in [0.15, 0.2) is 23.0 Å². The van der Waals surface area contributed by atoms with Gasteiger partial charge in [-0.2, -0.15) is 0 Å². The predicted octanol–water partition coefficient (Wildman–Crippen LogP) is 14.7. The predicted molar refractivity (Wildman–Crippen MR) is 235 cm³/mol. The first-order valence-electron chi connectivity index (χ1n) is 19.8. The Morgan fingerprint density at radius 1 is 0.310 bits per heavy atom. The van der Waals surface area contributed by atoms with Crippen molar-refractivity contribution in [3.8, 4) is 67.5 Å². The van der Waals surface area contributed by atoms with Gasteiger partial charge in [-0.05, 0) is 116 Å². The number of ether oxygens (including phenoxy) is 2. The fraction of sp³-hybridized carbons (Fsp3) is 0.0182. The Balaban J connectivity index is 0.878. The third-order valence-electron chi connectivity index (χ3n) is 12.1. The number of fused-ring (bicyclic) bond motifs is 13. The molecule has 2 aliphatic carbocycles. The highest BCUT2D eigenvalue weighted by atomic mass is 16.6. The summed E-state index contributed by atoms with van der Waals surface area (Å²) in [6, 6.07) is 75.7. The lowest BCUT2D eigenvalue weighted by Crippen LogP contribution is -2.25. The average molecular weight is 742 g/mol. The van der Waals surface area contributed by atoms with Crippen molar-refractivity contribution in [2.45, 2.75) is 5.41 Å². The van der Waals surface area contributed by atoms with Crippen LogP contribution in [0.2, 0.25) is 0 Å². The molecule has 12 rings (SSSR count). The van der Waals surface area contributed by atoms with Crippen LogP contribution in [0, 0.1) is 0 Å². The minimum absolute atomic E-state index is 0.432. The van der Waals surface area contributed by atoms with E-state index in [1.54, 1.807) is 0 Å². The summed E-state index contributed by atoms with van der Waals surface area (Å²) in [5, 5.41) is 0. The first-order valence-corrected chi connectivity index (χ1v) is 19.8. The minimum atomic E-state index is -0.432. The summed E-state index contributed by atoms with van der Waals surface area (Å²) in [5.74, 6) is 2.92. The summed E-state index contributed by atoms with van der Waals surface area (Å²) in [6.45, 7) is 0. The highest BCUT2D eigenvalue weighted by molar-refractivity contribution is 5.98. The number of hydrogen-bond donors (Lipinski definition) is 0. The number of para-hydroxylation sites is 2. The van der Waals surface area contributed by atoms with E-state index in [0.717, 1.165) is 56.4 Å². The molecule has 0 atom stereocenters. The molecule has 3 heteroatoms. The Morgan fingerprint density at radius 3 is 1.45 bits per heavy atom. The molecular weight excluding hydrogens is 707 g/mol. The fourth-order valence-electron chi connectivity index (χ4n) is 9.67. The summed E-state index contributed by atoms with van der Waals surface area (Å²) < 4.78 is 13.6. The molecular formula is C55H35NO2. The lowest BCUT2D eigenvalue weighted by molar-refractivity contribution is 0.360. The molecule has 0 bridgehead atoms. The molecule has 58 heavy (non-hydrogen) atoms. The van der Waals surface area contributed by atoms with Gasteiger partial charge in [-0.1, -0.05) is 158 Å². The summed E-state index contributed by atoms with van der Waals surface area (Å²) in [7, 11) is 0. The van der Waals surface area contributed by atoms with Gasteiger partial charge in [0.2, 0.25) is 0 Å². The SMILES string of the molecule is c1ccc(N(c2ccccc2)c2cccc(-c3ccc(-c4ccc5c(c4)Oc4ccc6c(c4O5)-c4ccccc4C64c5ccccc5-c5ccccc54)cc3)c2)cc1. The Labute approximate surface area is 337 Å². The van der Waals surface area contributed by atoms with Crippen LogP contribution in [-0.4, -0.2) is 0 Å². The summed E-state index contributed by atoms with van der Waals surface area (Å²) in [6.07, 6.45) is 0. The van der Waals surface area contributed by atoms with Gasteiger partial charge in [-0.15, -0.1) is 0 Å². The van der Waals surface area contributed by atoms with Gasteiger partial charge >= 0.3 is 0 Å². The molecule has 0 radical (unpaired) electrons. The Bertz CT molecular complexity index is 2980. The van der Waals surface area contributed by atoms with Crippen molar-refractivity contribution in [3.05, 3.63) is 235 Å². The van der Waals surface area contributed by atoms with Crippen molar-refractivity contribution in [2.24, 2.45) is 0 Å². The van der Waals surface area contributed by atoms with Crippen molar-refractivity contribution in [3.63, 3.8) is 0 Å². The van der Waals surface area contributed by atoms with E-state index in [1.165, 1.54) is 38.9 Å². The van der Waals surface area contributed by atoms with Gasteiger partial charge in [0.05, 0.1) is 5.41 Å². The van der Waals surface area contributed by atoms with Crippen LogP contribution in [0.4, 0.5) is 17.1 Å². The molecule has 9 aromatic carbocycles. The van der Waals surface area contributed by atoms with Crippen LogP contribution in [0.5, 0.6) is 23.0 Å². The number of nitrogens with zero attached hydrogens (tertiary/aromatic N) is 1. The third kappa shape index (κ3) is 4.74. The van der Waals surface area contributed by atoms with E-state index in [1.807, 2.05) is 6.07 Å². The van der Waals surface area contributed by atoms with Gasteiger partial charge in [-0.3, -0.25) is 0 Å². The van der Waals surface area contributed by atoms with Crippen molar-refractivity contribution in [1.82, 2.24) is 0 Å². The van der Waals surface area contributed by atoms with Crippen LogP contribution in [-0.2, 0) is 5.41 Å². The topological polar surface area (TPSA) is 21.7 Å². The number of benzene rings is 9. The molecule has 0 aromatic heterocycles. The maximum absolute atomic E-state index is 6.89. The highest BCUT2D eigenvalue weighted by Crippen LogP contribution is 2.66. The second kappa shape index (κ2) is 12.7. The average Bonchev–Trinajstić information content (AvgIpc) is 3.77. The monoisotopic (exact) mass is 741 g/mol. The Kier molecular flexibility index (Phi) is 7.14. The number of hydrogen-bond acceptors (Lipinski definition) is 3. The summed E-state index contributed by atoms with van der Waals surface area (Å²) in [4.78, 5) is 2.29. The third-order valence-corrected chi connectivity index (χ3v) is 12.1. The van der Waals surface area contributed by atoms with Gasteiger partial charge in [0.25, 0.3) is 0 Å². The van der Waals surface area contributed by atoms with E-state index >= 15 is 0 Å². The van der Waals surface area contributed by atoms with Gasteiger partial charge in [0.1, 0.15) is 0 Å². The zero-order chi connectivity index (χ0) is 38.2. The number of anilines is 3. The van der Waals surface area contributed by atoms with Crippen LogP contribution in [0.3, 0.4) is 0 Å². The van der Waals surface area contributed by atoms with E-state index in [9.17, 15) is 0 Å². The van der Waals surface area contributed by atoms with Gasteiger partial charge in [-0.25, -0.2) is 0 Å². The molecule has 0 amide bonds. The fourth-order valence-corrected chi connectivity index (χ4v) is 9.67. The molecule has 272 valence electrons. The lowest BCUT2D eigenvalue weighted by atomic mass is 9.70. The molecule has 0 saturated carbocycles. The molecule has 9 aromatic rings. The van der Waals surface area contributed by atoms with Crippen molar-refractivity contribution in [2.75, 3.05) is 4.90 Å². The van der Waals surface area contributed by atoms with Crippen molar-refractivity contribution in [1.29, 1.82) is 0 Å². The van der Waals surface area contributed by atoms with E-state index in [-0.39, 0.29) is 0 Å². The molecule has 0 saturated heterocycles. The molecule has 1 heterocycles. The molecule has 1 aliphatic heterocycles. The standard InChI is InChI=1S/C55H35NO2/c1-3-15-40(16-4-1)56(41-17-5-2-6-18-41)42-19-13-14-38(34-42)36-26-28-37(29-27-36)39-30-32-50-52(35-39)57-51-33-31-49-53(54(51)58-50)45-22-9-12-25-48(45)55(49)46-23-10-7-20-43(46)44-21-8-11-24-47(44)55/h1-35H. The molecule has 0 unspecified atom stereocenters. The summed E-state index contributed by atoms with van der Waals surface area (Å²) >= 11 is 0. The van der Waals surface area contributed by atoms with Crippen molar-refractivity contribution < 1.29 is 9.47 Å². The molecule has 3 aliphatic rings. The summed E-state index contributed by atoms with van der Waals surface area (Å²) in [5.41, 5.74) is 17.4.